The first-order chi connectivity index (χ1) is 11.3. The van der Waals surface area contributed by atoms with Gasteiger partial charge in [0.1, 0.15) is 0 Å². The number of carboxylic acid groups (broad SMARTS) is 1. The van der Waals surface area contributed by atoms with E-state index in [0.717, 1.165) is 5.56 Å². The van der Waals surface area contributed by atoms with E-state index in [2.05, 4.69) is 10.6 Å². The third-order valence-electron chi connectivity index (χ3n) is 3.65. The minimum Gasteiger partial charge on any atom is -0.481 e. The van der Waals surface area contributed by atoms with E-state index < -0.39 is 17.8 Å². The molecule has 2 atom stereocenters. The lowest BCUT2D eigenvalue weighted by Gasteiger charge is -2.18. The zero-order valence-electron chi connectivity index (χ0n) is 14.4. The lowest BCUT2D eigenvalue weighted by atomic mass is 9.93. The highest BCUT2D eigenvalue weighted by atomic mass is 16.4. The molecule has 0 aliphatic heterocycles. The molecule has 0 aliphatic rings. The number of nitrogens with one attached hydrogen (secondary N) is 2. The fraction of sp³-hybridized carbons (Fsp3) is 0.500. The maximum absolute atomic E-state index is 12.1. The normalized spacial score (nSPS) is 13.2. The zero-order valence-corrected chi connectivity index (χ0v) is 14.4. The Morgan fingerprint density at radius 3 is 2.25 bits per heavy atom. The van der Waals surface area contributed by atoms with Crippen LogP contribution in [0, 0.1) is 11.8 Å². The third kappa shape index (κ3) is 7.26. The van der Waals surface area contributed by atoms with Crippen molar-refractivity contribution in [2.75, 3.05) is 6.54 Å². The Morgan fingerprint density at radius 2 is 1.71 bits per heavy atom. The molecule has 0 saturated heterocycles. The van der Waals surface area contributed by atoms with Crippen molar-refractivity contribution >= 4 is 17.8 Å². The smallest absolute Gasteiger partial charge is 0.304 e. The molecule has 0 heterocycles. The Hall–Kier alpha value is -2.37. The second-order valence-corrected chi connectivity index (χ2v) is 6.34. The third-order valence-corrected chi connectivity index (χ3v) is 3.65. The van der Waals surface area contributed by atoms with Gasteiger partial charge in [0, 0.05) is 5.92 Å². The van der Waals surface area contributed by atoms with Gasteiger partial charge in [0.15, 0.2) is 0 Å². The fourth-order valence-electron chi connectivity index (χ4n) is 2.49. The van der Waals surface area contributed by atoms with Crippen LogP contribution in [0.15, 0.2) is 30.3 Å². The quantitative estimate of drug-likeness (QED) is 0.644. The van der Waals surface area contributed by atoms with Crippen LogP contribution in [0.3, 0.4) is 0 Å². The molecular weight excluding hydrogens is 308 g/mol. The summed E-state index contributed by atoms with van der Waals surface area (Å²) in [6, 6.07) is 9.34. The lowest BCUT2D eigenvalue weighted by Crippen LogP contribution is -2.41. The van der Waals surface area contributed by atoms with Crippen LogP contribution in [0.4, 0.5) is 0 Å². The van der Waals surface area contributed by atoms with E-state index in [1.807, 2.05) is 51.1 Å². The molecule has 0 fully saturated rings. The van der Waals surface area contributed by atoms with Gasteiger partial charge in [0.25, 0.3) is 0 Å². The van der Waals surface area contributed by atoms with Crippen molar-refractivity contribution in [1.82, 2.24) is 10.6 Å². The Balaban J connectivity index is 2.49. The van der Waals surface area contributed by atoms with Gasteiger partial charge in [0.2, 0.25) is 11.8 Å². The monoisotopic (exact) mass is 334 g/mol. The topological polar surface area (TPSA) is 95.5 Å². The van der Waals surface area contributed by atoms with E-state index in [-0.39, 0.29) is 30.8 Å². The Morgan fingerprint density at radius 1 is 1.08 bits per heavy atom. The molecule has 132 valence electrons. The van der Waals surface area contributed by atoms with Gasteiger partial charge < -0.3 is 15.7 Å². The van der Waals surface area contributed by atoms with Gasteiger partial charge in [-0.05, 0) is 24.8 Å². The minimum absolute atomic E-state index is 0.162. The van der Waals surface area contributed by atoms with E-state index in [9.17, 15) is 14.4 Å². The van der Waals surface area contributed by atoms with Gasteiger partial charge >= 0.3 is 5.97 Å². The summed E-state index contributed by atoms with van der Waals surface area (Å²) < 4.78 is 0. The number of benzene rings is 1. The highest BCUT2D eigenvalue weighted by Gasteiger charge is 2.23. The fourth-order valence-corrected chi connectivity index (χ4v) is 2.49. The molecule has 0 bridgehead atoms. The molecule has 0 saturated carbocycles. The first-order valence-corrected chi connectivity index (χ1v) is 8.13. The van der Waals surface area contributed by atoms with Crippen molar-refractivity contribution in [1.29, 1.82) is 0 Å². The number of hydrogen-bond donors (Lipinski definition) is 3. The van der Waals surface area contributed by atoms with Gasteiger partial charge in [-0.25, -0.2) is 0 Å². The van der Waals surface area contributed by atoms with E-state index in [1.54, 1.807) is 0 Å². The van der Waals surface area contributed by atoms with E-state index in [1.165, 1.54) is 0 Å². The maximum Gasteiger partial charge on any atom is 0.304 e. The number of carbonyl (C=O) groups excluding carboxylic acids is 2. The van der Waals surface area contributed by atoms with Crippen LogP contribution in [0.5, 0.6) is 0 Å². The van der Waals surface area contributed by atoms with E-state index in [4.69, 9.17) is 5.11 Å². The number of hydrogen-bond acceptors (Lipinski definition) is 3. The molecule has 1 aromatic rings. The van der Waals surface area contributed by atoms with Crippen LogP contribution >= 0.6 is 0 Å². The van der Waals surface area contributed by atoms with Gasteiger partial charge in [0.05, 0.1) is 19.0 Å². The van der Waals surface area contributed by atoms with Crippen LogP contribution in [0.1, 0.15) is 45.2 Å². The summed E-state index contributed by atoms with van der Waals surface area (Å²) in [6.07, 6.45) is 0.242. The van der Waals surface area contributed by atoms with Crippen LogP contribution in [0.2, 0.25) is 0 Å². The van der Waals surface area contributed by atoms with Gasteiger partial charge in [-0.2, -0.15) is 0 Å². The summed E-state index contributed by atoms with van der Waals surface area (Å²) in [5.74, 6) is -2.14. The number of carbonyl (C=O) groups is 3. The second kappa shape index (κ2) is 9.70. The number of amides is 2. The SMILES string of the molecule is CC(C)C[C@H](CC(=O)O)C(=O)NCC(=O)N[C@@H](C)c1ccccc1. The van der Waals surface area contributed by atoms with Gasteiger partial charge in [-0.15, -0.1) is 0 Å². The molecule has 1 aromatic carbocycles. The molecule has 2 amide bonds. The largest absolute Gasteiger partial charge is 0.481 e. The summed E-state index contributed by atoms with van der Waals surface area (Å²) in [6.45, 7) is 5.55. The van der Waals surface area contributed by atoms with E-state index in [0.29, 0.717) is 6.42 Å². The standard InChI is InChI=1S/C18H26N2O4/c1-12(2)9-15(10-17(22)23)18(24)19-11-16(21)20-13(3)14-7-5-4-6-8-14/h4-8,12-13,15H,9-11H2,1-3H3,(H,19,24)(H,20,21)(H,22,23)/t13-,15+/m0/s1. The molecular formula is C18H26N2O4. The summed E-state index contributed by atoms with van der Waals surface area (Å²) >= 11 is 0. The number of aliphatic carboxylic acids is 1. The second-order valence-electron chi connectivity index (χ2n) is 6.34. The summed E-state index contributed by atoms with van der Waals surface area (Å²) in [4.78, 5) is 35.0. The van der Waals surface area contributed by atoms with E-state index >= 15 is 0 Å². The van der Waals surface area contributed by atoms with Crippen LogP contribution < -0.4 is 10.6 Å². The molecule has 0 aromatic heterocycles. The Bertz CT molecular complexity index is 557. The molecule has 1 rings (SSSR count). The zero-order chi connectivity index (χ0) is 18.1. The van der Waals surface area contributed by atoms with Crippen molar-refractivity contribution in [2.45, 2.75) is 39.7 Å². The summed E-state index contributed by atoms with van der Waals surface area (Å²) in [5, 5.41) is 14.2. The Kier molecular flexibility index (Phi) is 7.95. The van der Waals surface area contributed by atoms with Crippen LogP contribution in [0.25, 0.3) is 0 Å². The van der Waals surface area contributed by atoms with Crippen LogP contribution in [-0.2, 0) is 14.4 Å². The predicted molar refractivity (Wildman–Crippen MR) is 91.2 cm³/mol. The maximum atomic E-state index is 12.1. The first kappa shape index (κ1) is 19.7. The minimum atomic E-state index is -1.02. The molecule has 6 heteroatoms. The van der Waals surface area contributed by atoms with Crippen molar-refractivity contribution in [3.63, 3.8) is 0 Å². The molecule has 0 radical (unpaired) electrons. The predicted octanol–water partition coefficient (Wildman–Crippen LogP) is 2.12. The first-order valence-electron chi connectivity index (χ1n) is 8.13. The van der Waals surface area contributed by atoms with Crippen molar-refractivity contribution in [3.8, 4) is 0 Å². The van der Waals surface area contributed by atoms with Crippen molar-refractivity contribution in [3.05, 3.63) is 35.9 Å². The molecule has 3 N–H and O–H groups in total. The van der Waals surface area contributed by atoms with Crippen molar-refractivity contribution in [2.24, 2.45) is 11.8 Å². The highest BCUT2D eigenvalue weighted by molar-refractivity contribution is 5.87. The van der Waals surface area contributed by atoms with Gasteiger partial charge in [-0.1, -0.05) is 44.2 Å². The van der Waals surface area contributed by atoms with Crippen LogP contribution in [-0.4, -0.2) is 29.4 Å². The Labute approximate surface area is 142 Å². The number of carboxylic acids is 1. The van der Waals surface area contributed by atoms with Crippen molar-refractivity contribution < 1.29 is 19.5 Å². The molecule has 6 nitrogen and oxygen atoms in total. The number of rotatable bonds is 9. The molecule has 24 heavy (non-hydrogen) atoms. The average molecular weight is 334 g/mol. The highest BCUT2D eigenvalue weighted by Crippen LogP contribution is 2.16. The molecule has 0 aliphatic carbocycles. The lowest BCUT2D eigenvalue weighted by molar-refractivity contribution is -0.141. The van der Waals surface area contributed by atoms with Gasteiger partial charge in [-0.3, -0.25) is 14.4 Å². The molecule has 0 unspecified atom stereocenters. The average Bonchev–Trinajstić information content (AvgIpc) is 2.51. The summed E-state index contributed by atoms with van der Waals surface area (Å²) in [7, 11) is 0. The summed E-state index contributed by atoms with van der Waals surface area (Å²) in [5.41, 5.74) is 0.973. The molecule has 0 spiro atoms.